The highest BCUT2D eigenvalue weighted by molar-refractivity contribution is 6.10. The minimum Gasteiger partial charge on any atom is -0.383 e. The number of ketones is 1. The van der Waals surface area contributed by atoms with Crippen LogP contribution in [0.3, 0.4) is 0 Å². The molecule has 2 aromatic rings. The summed E-state index contributed by atoms with van der Waals surface area (Å²) in [5, 5.41) is 4.31. The maximum Gasteiger partial charge on any atom is 0.191 e. The molecule has 2 rings (SSSR count). The van der Waals surface area contributed by atoms with Crippen molar-refractivity contribution in [2.24, 2.45) is 0 Å². The monoisotopic (exact) mass is 259 g/mol. The fourth-order valence-electron chi connectivity index (χ4n) is 1.72. The molecule has 0 aromatic carbocycles. The molecule has 4 nitrogen and oxygen atoms in total. The second-order valence-electron chi connectivity index (χ2n) is 4.13. The van der Waals surface area contributed by atoms with Crippen molar-refractivity contribution in [1.29, 1.82) is 0 Å². The standard InChI is InChI=1S/C13H15N3O.C2H6/c1-10-13(12(17)7-9-15(2)3)11-6-4-5-8-16(11)14-10;1-2/h4-9H,1-3H3;1-2H3/b9-7+;. The number of carbonyl (C=O) groups is 1. The van der Waals surface area contributed by atoms with Gasteiger partial charge in [-0.3, -0.25) is 4.79 Å². The molecule has 19 heavy (non-hydrogen) atoms. The Labute approximate surface area is 114 Å². The number of aromatic nitrogens is 2. The lowest BCUT2D eigenvalue weighted by Gasteiger charge is -2.02. The molecule has 0 saturated heterocycles. The molecule has 0 aliphatic carbocycles. The van der Waals surface area contributed by atoms with Gasteiger partial charge in [0, 0.05) is 32.6 Å². The number of pyridine rings is 1. The van der Waals surface area contributed by atoms with Crippen LogP contribution >= 0.6 is 0 Å². The summed E-state index contributed by atoms with van der Waals surface area (Å²) in [6.07, 6.45) is 5.15. The quantitative estimate of drug-likeness (QED) is 0.628. The van der Waals surface area contributed by atoms with E-state index in [1.165, 1.54) is 0 Å². The van der Waals surface area contributed by atoms with Crippen molar-refractivity contribution in [3.63, 3.8) is 0 Å². The third-order valence-electron chi connectivity index (χ3n) is 2.49. The fraction of sp³-hybridized carbons (Fsp3) is 0.333. The Hall–Kier alpha value is -2.10. The van der Waals surface area contributed by atoms with E-state index >= 15 is 0 Å². The highest BCUT2D eigenvalue weighted by Gasteiger charge is 2.14. The number of aryl methyl sites for hydroxylation is 1. The van der Waals surface area contributed by atoms with Crippen LogP contribution in [-0.2, 0) is 0 Å². The normalized spacial score (nSPS) is 10.4. The van der Waals surface area contributed by atoms with Crippen molar-refractivity contribution in [3.8, 4) is 0 Å². The number of hydrogen-bond donors (Lipinski definition) is 0. The molecule has 0 bridgehead atoms. The van der Waals surface area contributed by atoms with E-state index in [0.717, 1.165) is 11.2 Å². The zero-order valence-corrected chi connectivity index (χ0v) is 12.2. The van der Waals surface area contributed by atoms with Crippen LogP contribution in [0, 0.1) is 6.92 Å². The van der Waals surface area contributed by atoms with E-state index in [-0.39, 0.29) is 5.78 Å². The highest BCUT2D eigenvalue weighted by atomic mass is 16.1. The summed E-state index contributed by atoms with van der Waals surface area (Å²) >= 11 is 0. The topological polar surface area (TPSA) is 37.6 Å². The molecule has 2 heterocycles. The summed E-state index contributed by atoms with van der Waals surface area (Å²) in [7, 11) is 3.76. The average Bonchev–Trinajstić information content (AvgIpc) is 2.74. The zero-order valence-electron chi connectivity index (χ0n) is 12.2. The van der Waals surface area contributed by atoms with E-state index in [9.17, 15) is 4.79 Å². The largest absolute Gasteiger partial charge is 0.383 e. The molecule has 0 N–H and O–H groups in total. The van der Waals surface area contributed by atoms with Gasteiger partial charge in [-0.2, -0.15) is 5.10 Å². The molecule has 0 atom stereocenters. The molecule has 0 aliphatic heterocycles. The van der Waals surface area contributed by atoms with E-state index in [0.29, 0.717) is 5.56 Å². The molecule has 0 aliphatic rings. The van der Waals surface area contributed by atoms with Crippen molar-refractivity contribution in [3.05, 3.63) is 47.9 Å². The number of fused-ring (bicyclic) bond motifs is 1. The van der Waals surface area contributed by atoms with Gasteiger partial charge in [0.1, 0.15) is 0 Å². The SMILES string of the molecule is CC.Cc1nn2ccccc2c1C(=O)/C=C/N(C)C. The maximum absolute atomic E-state index is 12.1. The summed E-state index contributed by atoms with van der Waals surface area (Å²) in [5.41, 5.74) is 2.27. The van der Waals surface area contributed by atoms with Crippen molar-refractivity contribution < 1.29 is 4.79 Å². The van der Waals surface area contributed by atoms with Gasteiger partial charge >= 0.3 is 0 Å². The third-order valence-corrected chi connectivity index (χ3v) is 2.49. The highest BCUT2D eigenvalue weighted by Crippen LogP contribution is 2.16. The Bertz CT molecular complexity index is 582. The zero-order chi connectivity index (χ0) is 14.4. The molecule has 0 saturated carbocycles. The van der Waals surface area contributed by atoms with Gasteiger partial charge in [-0.1, -0.05) is 19.9 Å². The first kappa shape index (κ1) is 15.0. The molecule has 102 valence electrons. The minimum atomic E-state index is -0.0163. The van der Waals surface area contributed by atoms with Crippen LogP contribution in [0.25, 0.3) is 5.52 Å². The van der Waals surface area contributed by atoms with Crippen LogP contribution in [-0.4, -0.2) is 34.4 Å². The molecule has 2 aromatic heterocycles. The lowest BCUT2D eigenvalue weighted by Crippen LogP contribution is -2.03. The first-order chi connectivity index (χ1) is 9.09. The Balaban J connectivity index is 0.000000861. The van der Waals surface area contributed by atoms with Crippen molar-refractivity contribution in [2.75, 3.05) is 14.1 Å². The summed E-state index contributed by atoms with van der Waals surface area (Å²) in [6, 6.07) is 5.70. The molecular formula is C15H21N3O. The first-order valence-electron chi connectivity index (χ1n) is 6.42. The molecule has 0 fully saturated rings. The fourth-order valence-corrected chi connectivity index (χ4v) is 1.72. The number of carbonyl (C=O) groups excluding carboxylic acids is 1. The lowest BCUT2D eigenvalue weighted by molar-refractivity contribution is 0.104. The van der Waals surface area contributed by atoms with Gasteiger partial charge < -0.3 is 4.90 Å². The number of hydrogen-bond acceptors (Lipinski definition) is 3. The van der Waals surface area contributed by atoms with Crippen LogP contribution in [0.4, 0.5) is 0 Å². The minimum absolute atomic E-state index is 0.0163. The van der Waals surface area contributed by atoms with Crippen LogP contribution < -0.4 is 0 Å². The van der Waals surface area contributed by atoms with Gasteiger partial charge in [0.05, 0.1) is 16.8 Å². The van der Waals surface area contributed by atoms with Crippen LogP contribution in [0.2, 0.25) is 0 Å². The van der Waals surface area contributed by atoms with Gasteiger partial charge in [-0.15, -0.1) is 0 Å². The molecule has 0 amide bonds. The third kappa shape index (κ3) is 3.44. The van der Waals surface area contributed by atoms with Crippen LogP contribution in [0.1, 0.15) is 29.9 Å². The van der Waals surface area contributed by atoms with Crippen molar-refractivity contribution in [2.45, 2.75) is 20.8 Å². The summed E-state index contributed by atoms with van der Waals surface area (Å²) in [5.74, 6) is -0.0163. The van der Waals surface area contributed by atoms with Gasteiger partial charge in [-0.05, 0) is 19.1 Å². The van der Waals surface area contributed by atoms with Gasteiger partial charge in [0.15, 0.2) is 5.78 Å². The Morgan fingerprint density at radius 2 is 2.00 bits per heavy atom. The predicted molar refractivity (Wildman–Crippen MR) is 78.4 cm³/mol. The maximum atomic E-state index is 12.1. The first-order valence-corrected chi connectivity index (χ1v) is 6.42. The summed E-state index contributed by atoms with van der Waals surface area (Å²) in [4.78, 5) is 13.9. The molecule has 4 heteroatoms. The second kappa shape index (κ2) is 6.73. The van der Waals surface area contributed by atoms with E-state index in [1.807, 2.05) is 64.2 Å². The van der Waals surface area contributed by atoms with Crippen molar-refractivity contribution in [1.82, 2.24) is 14.5 Å². The smallest absolute Gasteiger partial charge is 0.191 e. The van der Waals surface area contributed by atoms with E-state index in [2.05, 4.69) is 5.10 Å². The second-order valence-corrected chi connectivity index (χ2v) is 4.13. The molecule has 0 unspecified atom stereocenters. The Morgan fingerprint density at radius 3 is 2.63 bits per heavy atom. The Morgan fingerprint density at radius 1 is 1.32 bits per heavy atom. The lowest BCUT2D eigenvalue weighted by atomic mass is 10.1. The summed E-state index contributed by atoms with van der Waals surface area (Å²) in [6.45, 7) is 5.85. The van der Waals surface area contributed by atoms with Gasteiger partial charge in [0.2, 0.25) is 0 Å². The van der Waals surface area contributed by atoms with Crippen molar-refractivity contribution >= 4 is 11.3 Å². The Kier molecular flexibility index (Phi) is 5.30. The van der Waals surface area contributed by atoms with E-state index in [4.69, 9.17) is 0 Å². The molecule has 0 spiro atoms. The van der Waals surface area contributed by atoms with Gasteiger partial charge in [0.25, 0.3) is 0 Å². The van der Waals surface area contributed by atoms with E-state index in [1.54, 1.807) is 16.8 Å². The van der Waals surface area contributed by atoms with E-state index < -0.39 is 0 Å². The van der Waals surface area contributed by atoms with Crippen LogP contribution in [0.15, 0.2) is 36.7 Å². The average molecular weight is 259 g/mol. The van der Waals surface area contributed by atoms with Crippen LogP contribution in [0.5, 0.6) is 0 Å². The predicted octanol–water partition coefficient (Wildman–Crippen LogP) is 2.93. The molecule has 0 radical (unpaired) electrons. The number of rotatable bonds is 3. The van der Waals surface area contributed by atoms with Gasteiger partial charge in [-0.25, -0.2) is 4.52 Å². The number of allylic oxidation sites excluding steroid dienone is 1. The molecular weight excluding hydrogens is 238 g/mol. The summed E-state index contributed by atoms with van der Waals surface area (Å²) < 4.78 is 1.73. The number of nitrogens with zero attached hydrogens (tertiary/aromatic N) is 3.